The lowest BCUT2D eigenvalue weighted by atomic mass is 10.1. The minimum atomic E-state index is -0.503. The molecule has 6 heteroatoms. The summed E-state index contributed by atoms with van der Waals surface area (Å²) in [6.45, 7) is 0.357. The molecule has 0 saturated carbocycles. The van der Waals surface area contributed by atoms with Crippen LogP contribution in [0.25, 0.3) is 0 Å². The number of thiazole rings is 1. The molecule has 2 heterocycles. The molecule has 19 heavy (non-hydrogen) atoms. The molecule has 1 aromatic carbocycles. The number of fused-ring (bicyclic) bond motifs is 1. The van der Waals surface area contributed by atoms with Crippen molar-refractivity contribution in [3.63, 3.8) is 0 Å². The zero-order valence-electron chi connectivity index (χ0n) is 10.1. The minimum absolute atomic E-state index is 0.357. The summed E-state index contributed by atoms with van der Waals surface area (Å²) in [5.41, 5.74) is 2.72. The summed E-state index contributed by atoms with van der Waals surface area (Å²) in [7, 11) is 1.55. The van der Waals surface area contributed by atoms with Gasteiger partial charge in [-0.25, -0.2) is 0 Å². The summed E-state index contributed by atoms with van der Waals surface area (Å²) in [5.74, 6) is -0.352. The van der Waals surface area contributed by atoms with Crippen LogP contribution in [0.5, 0.6) is 5.75 Å². The summed E-state index contributed by atoms with van der Waals surface area (Å²) in [6, 6.07) is 5.01. The largest absolute Gasteiger partial charge is 0.497 e. The average molecular weight is 274 g/mol. The van der Waals surface area contributed by atoms with Crippen molar-refractivity contribution in [2.45, 2.75) is 6.54 Å². The van der Waals surface area contributed by atoms with Crippen molar-refractivity contribution in [1.82, 2.24) is 4.98 Å². The number of hydrogen-bond donors (Lipinski definition) is 0. The first-order valence-electron chi connectivity index (χ1n) is 5.62. The van der Waals surface area contributed by atoms with E-state index < -0.39 is 11.7 Å². The van der Waals surface area contributed by atoms with Gasteiger partial charge in [0, 0.05) is 17.1 Å². The smallest absolute Gasteiger partial charge is 0.299 e. The number of ether oxygens (including phenoxy) is 1. The topological polar surface area (TPSA) is 59.5 Å². The maximum absolute atomic E-state index is 12.0. The molecule has 1 aromatic heterocycles. The standard InChI is InChI=1S/C13H10N2O3S/c1-18-8-2-3-10-11(4-8)15(13(17)12(10)16)6-9-5-14-7-19-9/h2-5,7H,6H2,1H3. The summed E-state index contributed by atoms with van der Waals surface area (Å²) in [4.78, 5) is 30.3. The fraction of sp³-hybridized carbons (Fsp3) is 0.154. The average Bonchev–Trinajstić information content (AvgIpc) is 3.02. The number of ketones is 1. The van der Waals surface area contributed by atoms with E-state index >= 15 is 0 Å². The van der Waals surface area contributed by atoms with Gasteiger partial charge in [0.1, 0.15) is 5.75 Å². The first kappa shape index (κ1) is 11.9. The SMILES string of the molecule is COc1ccc2c(c1)N(Cc1cncs1)C(=O)C2=O. The van der Waals surface area contributed by atoms with Gasteiger partial charge in [0.2, 0.25) is 0 Å². The molecule has 96 valence electrons. The van der Waals surface area contributed by atoms with Gasteiger partial charge in [-0.3, -0.25) is 19.5 Å². The van der Waals surface area contributed by atoms with Crippen molar-refractivity contribution in [2.75, 3.05) is 12.0 Å². The van der Waals surface area contributed by atoms with E-state index in [0.29, 0.717) is 23.5 Å². The Bertz CT molecular complexity index is 652. The van der Waals surface area contributed by atoms with Gasteiger partial charge < -0.3 is 4.74 Å². The van der Waals surface area contributed by atoms with E-state index in [0.717, 1.165) is 4.88 Å². The normalized spacial score (nSPS) is 13.8. The third-order valence-corrected chi connectivity index (χ3v) is 3.74. The van der Waals surface area contributed by atoms with Gasteiger partial charge in [0.05, 0.1) is 30.4 Å². The number of methoxy groups -OCH3 is 1. The maximum Gasteiger partial charge on any atom is 0.299 e. The number of benzene rings is 1. The second kappa shape index (κ2) is 4.47. The predicted molar refractivity (Wildman–Crippen MR) is 70.6 cm³/mol. The Morgan fingerprint density at radius 2 is 2.21 bits per heavy atom. The van der Waals surface area contributed by atoms with E-state index in [1.54, 1.807) is 37.0 Å². The molecule has 1 aliphatic heterocycles. The number of carbonyl (C=O) groups excluding carboxylic acids is 2. The van der Waals surface area contributed by atoms with Crippen molar-refractivity contribution in [1.29, 1.82) is 0 Å². The van der Waals surface area contributed by atoms with Crippen molar-refractivity contribution >= 4 is 28.7 Å². The summed E-state index contributed by atoms with van der Waals surface area (Å²) in [6.07, 6.45) is 1.70. The molecule has 0 saturated heterocycles. The van der Waals surface area contributed by atoms with Gasteiger partial charge in [-0.15, -0.1) is 11.3 Å². The Labute approximate surface area is 113 Å². The van der Waals surface area contributed by atoms with Gasteiger partial charge in [0.25, 0.3) is 11.7 Å². The molecule has 0 aliphatic carbocycles. The van der Waals surface area contributed by atoms with Crippen molar-refractivity contribution in [3.8, 4) is 5.75 Å². The second-order valence-corrected chi connectivity index (χ2v) is 5.04. The molecule has 5 nitrogen and oxygen atoms in total. The highest BCUT2D eigenvalue weighted by molar-refractivity contribution is 7.09. The Hall–Kier alpha value is -2.21. The molecular formula is C13H10N2O3S. The van der Waals surface area contributed by atoms with Gasteiger partial charge in [-0.1, -0.05) is 0 Å². The lowest BCUT2D eigenvalue weighted by Crippen LogP contribution is -2.28. The molecule has 0 bridgehead atoms. The fourth-order valence-corrected chi connectivity index (χ4v) is 2.62. The highest BCUT2D eigenvalue weighted by Gasteiger charge is 2.36. The lowest BCUT2D eigenvalue weighted by molar-refractivity contribution is -0.114. The van der Waals surface area contributed by atoms with Gasteiger partial charge >= 0.3 is 0 Å². The first-order valence-corrected chi connectivity index (χ1v) is 6.50. The van der Waals surface area contributed by atoms with Crippen molar-refractivity contribution in [2.24, 2.45) is 0 Å². The lowest BCUT2D eigenvalue weighted by Gasteiger charge is -2.15. The van der Waals surface area contributed by atoms with Gasteiger partial charge in [-0.05, 0) is 12.1 Å². The molecule has 0 N–H and O–H groups in total. The quantitative estimate of drug-likeness (QED) is 0.802. The molecule has 0 unspecified atom stereocenters. The summed E-state index contributed by atoms with van der Waals surface area (Å²) >= 11 is 1.45. The number of amides is 1. The highest BCUT2D eigenvalue weighted by atomic mass is 32.1. The maximum atomic E-state index is 12.0. The molecule has 1 amide bonds. The van der Waals surface area contributed by atoms with Crippen LogP contribution < -0.4 is 9.64 Å². The highest BCUT2D eigenvalue weighted by Crippen LogP contribution is 2.33. The number of nitrogens with zero attached hydrogens (tertiary/aromatic N) is 2. The molecule has 2 aromatic rings. The van der Waals surface area contributed by atoms with Crippen LogP contribution in [0.4, 0.5) is 5.69 Å². The fourth-order valence-electron chi connectivity index (χ4n) is 2.03. The van der Waals surface area contributed by atoms with Crippen LogP contribution in [0.15, 0.2) is 29.9 Å². The van der Waals surface area contributed by atoms with E-state index in [-0.39, 0.29) is 0 Å². The third kappa shape index (κ3) is 1.90. The van der Waals surface area contributed by atoms with Crippen LogP contribution in [0.1, 0.15) is 15.2 Å². The number of anilines is 1. The van der Waals surface area contributed by atoms with E-state index in [1.165, 1.54) is 16.2 Å². The minimum Gasteiger partial charge on any atom is -0.497 e. The van der Waals surface area contributed by atoms with Crippen molar-refractivity contribution < 1.29 is 14.3 Å². The van der Waals surface area contributed by atoms with Crippen LogP contribution in [0, 0.1) is 0 Å². The van der Waals surface area contributed by atoms with E-state index in [2.05, 4.69) is 4.98 Å². The Morgan fingerprint density at radius 1 is 1.37 bits per heavy atom. The zero-order chi connectivity index (χ0) is 13.4. The van der Waals surface area contributed by atoms with Crippen LogP contribution >= 0.6 is 11.3 Å². The number of hydrogen-bond acceptors (Lipinski definition) is 5. The first-order chi connectivity index (χ1) is 9.20. The van der Waals surface area contributed by atoms with E-state index in [4.69, 9.17) is 4.74 Å². The Morgan fingerprint density at radius 3 is 2.89 bits per heavy atom. The summed E-state index contributed by atoms with van der Waals surface area (Å²) in [5, 5.41) is 0. The Kier molecular flexibility index (Phi) is 2.79. The van der Waals surface area contributed by atoms with E-state index in [9.17, 15) is 9.59 Å². The second-order valence-electron chi connectivity index (χ2n) is 4.07. The van der Waals surface area contributed by atoms with Crippen LogP contribution in [0.3, 0.4) is 0 Å². The Balaban J connectivity index is 2.02. The molecular weight excluding hydrogens is 264 g/mol. The van der Waals surface area contributed by atoms with Crippen LogP contribution in [0.2, 0.25) is 0 Å². The third-order valence-electron chi connectivity index (χ3n) is 2.98. The predicted octanol–water partition coefficient (Wildman–Crippen LogP) is 1.88. The summed E-state index contributed by atoms with van der Waals surface area (Å²) < 4.78 is 5.13. The monoisotopic (exact) mass is 274 g/mol. The number of rotatable bonds is 3. The van der Waals surface area contributed by atoms with Crippen LogP contribution in [-0.2, 0) is 11.3 Å². The zero-order valence-corrected chi connectivity index (χ0v) is 10.9. The van der Waals surface area contributed by atoms with Crippen molar-refractivity contribution in [3.05, 3.63) is 40.3 Å². The molecule has 3 rings (SSSR count). The van der Waals surface area contributed by atoms with E-state index in [1.807, 2.05) is 0 Å². The molecule has 0 spiro atoms. The molecule has 1 aliphatic rings. The number of aromatic nitrogens is 1. The molecule has 0 atom stereocenters. The number of Topliss-reactive ketones (excluding diaryl/α,β-unsaturated/α-hetero) is 1. The molecule has 0 fully saturated rings. The van der Waals surface area contributed by atoms with Gasteiger partial charge in [0.15, 0.2) is 0 Å². The van der Waals surface area contributed by atoms with Crippen LogP contribution in [-0.4, -0.2) is 23.8 Å². The molecule has 0 radical (unpaired) electrons. The van der Waals surface area contributed by atoms with Gasteiger partial charge in [-0.2, -0.15) is 0 Å². The number of carbonyl (C=O) groups is 2.